The van der Waals surface area contributed by atoms with Crippen molar-refractivity contribution in [2.45, 2.75) is 6.92 Å². The highest BCUT2D eigenvalue weighted by Crippen LogP contribution is 2.22. The highest BCUT2D eigenvalue weighted by atomic mass is 15.3. The Hall–Kier alpha value is -2.76. The molecule has 0 unspecified atom stereocenters. The zero-order valence-corrected chi connectivity index (χ0v) is 13.1. The number of nitrogens with zero attached hydrogens (tertiary/aromatic N) is 6. The lowest BCUT2D eigenvalue weighted by molar-refractivity contribution is 0.646. The van der Waals surface area contributed by atoms with E-state index in [1.54, 1.807) is 12.5 Å². The minimum Gasteiger partial charge on any atom is -0.368 e. The zero-order chi connectivity index (χ0) is 15.6. The van der Waals surface area contributed by atoms with E-state index in [2.05, 4.69) is 47.9 Å². The number of aromatic nitrogens is 4. The lowest BCUT2D eigenvalue weighted by Crippen LogP contribution is -2.46. The summed E-state index contributed by atoms with van der Waals surface area (Å²) in [7, 11) is 0. The largest absolute Gasteiger partial charge is 0.368 e. The van der Waals surface area contributed by atoms with E-state index >= 15 is 0 Å². The summed E-state index contributed by atoms with van der Waals surface area (Å²) < 4.78 is 0. The molecule has 6 heteroatoms. The number of anilines is 2. The maximum atomic E-state index is 4.56. The summed E-state index contributed by atoms with van der Waals surface area (Å²) in [4.78, 5) is 21.9. The zero-order valence-electron chi connectivity index (χ0n) is 13.1. The Bertz CT molecular complexity index is 826. The first-order valence-electron chi connectivity index (χ1n) is 7.78. The lowest BCUT2D eigenvalue weighted by Gasteiger charge is -2.36. The van der Waals surface area contributed by atoms with E-state index in [-0.39, 0.29) is 0 Å². The summed E-state index contributed by atoms with van der Waals surface area (Å²) in [6.07, 6.45) is 7.08. The molecule has 1 fully saturated rings. The smallest absolute Gasteiger partial charge is 0.147 e. The second-order valence-corrected chi connectivity index (χ2v) is 5.76. The maximum absolute atomic E-state index is 4.56. The highest BCUT2D eigenvalue weighted by molar-refractivity contribution is 5.81. The Labute approximate surface area is 134 Å². The Balaban J connectivity index is 1.50. The van der Waals surface area contributed by atoms with Crippen molar-refractivity contribution in [1.82, 2.24) is 19.9 Å². The first-order valence-corrected chi connectivity index (χ1v) is 7.78. The first kappa shape index (κ1) is 13.9. The molecule has 1 aliphatic heterocycles. The summed E-state index contributed by atoms with van der Waals surface area (Å²) in [6, 6.07) is 6.36. The third-order valence-electron chi connectivity index (χ3n) is 4.20. The standard InChI is InChI=1S/C17H18N6/c1-13-9-18-11-17(21-13)23-6-4-22(5-7-23)15-2-3-16-14(8-15)10-19-12-20-16/h2-3,8-12H,4-7H2,1H3. The molecule has 1 aliphatic rings. The van der Waals surface area contributed by atoms with Crippen LogP contribution in [0.15, 0.2) is 43.1 Å². The molecule has 0 bridgehead atoms. The molecule has 1 aromatic carbocycles. The number of aryl methyl sites for hydroxylation is 1. The summed E-state index contributed by atoms with van der Waals surface area (Å²) in [5, 5.41) is 1.08. The van der Waals surface area contributed by atoms with Crippen LogP contribution in [-0.2, 0) is 0 Å². The van der Waals surface area contributed by atoms with Gasteiger partial charge in [0, 0.05) is 49.6 Å². The topological polar surface area (TPSA) is 58.0 Å². The van der Waals surface area contributed by atoms with Gasteiger partial charge in [-0.05, 0) is 25.1 Å². The number of piperazine rings is 1. The molecule has 4 rings (SSSR count). The van der Waals surface area contributed by atoms with Crippen molar-refractivity contribution in [2.75, 3.05) is 36.0 Å². The maximum Gasteiger partial charge on any atom is 0.147 e. The van der Waals surface area contributed by atoms with Crippen LogP contribution in [0, 0.1) is 6.92 Å². The first-order chi connectivity index (χ1) is 11.3. The normalized spacial score (nSPS) is 15.2. The van der Waals surface area contributed by atoms with Gasteiger partial charge in [-0.1, -0.05) is 0 Å². The van der Waals surface area contributed by atoms with Crippen LogP contribution in [0.3, 0.4) is 0 Å². The van der Waals surface area contributed by atoms with Gasteiger partial charge in [-0.3, -0.25) is 4.98 Å². The van der Waals surface area contributed by atoms with Crippen LogP contribution in [0.4, 0.5) is 11.5 Å². The number of benzene rings is 1. The molecule has 0 amide bonds. The highest BCUT2D eigenvalue weighted by Gasteiger charge is 2.18. The van der Waals surface area contributed by atoms with Gasteiger partial charge in [0.25, 0.3) is 0 Å². The molecule has 3 heterocycles. The monoisotopic (exact) mass is 306 g/mol. The summed E-state index contributed by atoms with van der Waals surface area (Å²) in [5.41, 5.74) is 3.17. The van der Waals surface area contributed by atoms with Crippen molar-refractivity contribution in [3.05, 3.63) is 48.8 Å². The molecular formula is C17H18N6. The third kappa shape index (κ3) is 2.79. The SMILES string of the molecule is Cc1cncc(N2CCN(c3ccc4ncncc4c3)CC2)n1. The molecule has 23 heavy (non-hydrogen) atoms. The molecular weight excluding hydrogens is 288 g/mol. The van der Waals surface area contributed by atoms with Gasteiger partial charge in [-0.25, -0.2) is 15.0 Å². The van der Waals surface area contributed by atoms with Gasteiger partial charge in [-0.2, -0.15) is 0 Å². The average molecular weight is 306 g/mol. The van der Waals surface area contributed by atoms with Crippen LogP contribution in [0.1, 0.15) is 5.69 Å². The predicted octanol–water partition coefficient (Wildman–Crippen LogP) is 2.05. The van der Waals surface area contributed by atoms with Gasteiger partial charge in [0.05, 0.1) is 17.4 Å². The molecule has 3 aromatic rings. The molecule has 0 spiro atoms. The molecule has 0 N–H and O–H groups in total. The van der Waals surface area contributed by atoms with E-state index in [0.29, 0.717) is 0 Å². The Morgan fingerprint density at radius 3 is 2.57 bits per heavy atom. The summed E-state index contributed by atoms with van der Waals surface area (Å²) in [6.45, 7) is 5.80. The van der Waals surface area contributed by atoms with E-state index in [1.165, 1.54) is 5.69 Å². The van der Waals surface area contributed by atoms with E-state index in [4.69, 9.17) is 0 Å². The van der Waals surface area contributed by atoms with Gasteiger partial charge in [0.1, 0.15) is 12.1 Å². The average Bonchev–Trinajstić information content (AvgIpc) is 2.61. The van der Waals surface area contributed by atoms with Gasteiger partial charge >= 0.3 is 0 Å². The molecule has 0 saturated carbocycles. The number of hydrogen-bond acceptors (Lipinski definition) is 6. The number of fused-ring (bicyclic) bond motifs is 1. The molecule has 0 radical (unpaired) electrons. The Kier molecular flexibility index (Phi) is 3.49. The molecule has 2 aromatic heterocycles. The Morgan fingerprint density at radius 2 is 1.74 bits per heavy atom. The van der Waals surface area contributed by atoms with Crippen LogP contribution in [-0.4, -0.2) is 46.1 Å². The van der Waals surface area contributed by atoms with Crippen molar-refractivity contribution >= 4 is 22.4 Å². The molecule has 116 valence electrons. The van der Waals surface area contributed by atoms with Crippen LogP contribution < -0.4 is 9.80 Å². The second kappa shape index (κ2) is 5.79. The van der Waals surface area contributed by atoms with Crippen LogP contribution in [0.2, 0.25) is 0 Å². The van der Waals surface area contributed by atoms with E-state index in [1.807, 2.05) is 19.3 Å². The van der Waals surface area contributed by atoms with Gasteiger partial charge in [0.2, 0.25) is 0 Å². The summed E-state index contributed by atoms with van der Waals surface area (Å²) >= 11 is 0. The van der Waals surface area contributed by atoms with Gasteiger partial charge < -0.3 is 9.80 Å². The molecule has 0 aliphatic carbocycles. The lowest BCUT2D eigenvalue weighted by atomic mass is 10.2. The van der Waals surface area contributed by atoms with Crippen LogP contribution >= 0.6 is 0 Å². The van der Waals surface area contributed by atoms with Crippen molar-refractivity contribution in [3.8, 4) is 0 Å². The van der Waals surface area contributed by atoms with Crippen molar-refractivity contribution in [2.24, 2.45) is 0 Å². The van der Waals surface area contributed by atoms with E-state index < -0.39 is 0 Å². The van der Waals surface area contributed by atoms with Crippen molar-refractivity contribution in [3.63, 3.8) is 0 Å². The van der Waals surface area contributed by atoms with E-state index in [9.17, 15) is 0 Å². The van der Waals surface area contributed by atoms with Crippen molar-refractivity contribution < 1.29 is 0 Å². The third-order valence-corrected chi connectivity index (χ3v) is 4.20. The van der Waals surface area contributed by atoms with E-state index in [0.717, 1.165) is 48.6 Å². The fourth-order valence-electron chi connectivity index (χ4n) is 2.97. The quantitative estimate of drug-likeness (QED) is 0.722. The minimum atomic E-state index is 0.946. The second-order valence-electron chi connectivity index (χ2n) is 5.76. The van der Waals surface area contributed by atoms with Crippen LogP contribution in [0.5, 0.6) is 0 Å². The molecule has 1 saturated heterocycles. The van der Waals surface area contributed by atoms with Crippen LogP contribution in [0.25, 0.3) is 10.9 Å². The van der Waals surface area contributed by atoms with Crippen molar-refractivity contribution in [1.29, 1.82) is 0 Å². The summed E-state index contributed by atoms with van der Waals surface area (Å²) in [5.74, 6) is 0.969. The number of rotatable bonds is 2. The molecule has 6 nitrogen and oxygen atoms in total. The fraction of sp³-hybridized carbons (Fsp3) is 0.294. The Morgan fingerprint density at radius 1 is 0.913 bits per heavy atom. The predicted molar refractivity (Wildman–Crippen MR) is 90.7 cm³/mol. The van der Waals surface area contributed by atoms with Gasteiger partial charge in [-0.15, -0.1) is 0 Å². The number of hydrogen-bond donors (Lipinski definition) is 0. The van der Waals surface area contributed by atoms with Gasteiger partial charge in [0.15, 0.2) is 0 Å². The fourth-order valence-corrected chi connectivity index (χ4v) is 2.97. The molecule has 0 atom stereocenters. The minimum absolute atomic E-state index is 0.946.